The van der Waals surface area contributed by atoms with Crippen LogP contribution in [0, 0.1) is 17.8 Å². The number of fused-ring (bicyclic) bond motifs is 1. The first-order valence-corrected chi connectivity index (χ1v) is 19.9. The van der Waals surface area contributed by atoms with Crippen molar-refractivity contribution < 1.29 is 38.5 Å². The third kappa shape index (κ3) is 12.9. The van der Waals surface area contributed by atoms with E-state index >= 15 is 0 Å². The SMILES string of the molecule is CC(C)CC(CP(=O)(O)CC(NC(=O)C(CC(C)C)NC(=O)OCc1ccccc1)c1ccccc1)C(=O)NC(Cc1c[nH]c2ccccc12)C(=O)O. The van der Waals surface area contributed by atoms with Crippen LogP contribution in [0.15, 0.2) is 91.1 Å². The summed E-state index contributed by atoms with van der Waals surface area (Å²) in [5, 5.41) is 19.1. The van der Waals surface area contributed by atoms with Crippen molar-refractivity contribution in [3.8, 4) is 0 Å². The van der Waals surface area contributed by atoms with Gasteiger partial charge < -0.3 is 35.7 Å². The maximum Gasteiger partial charge on any atom is 0.408 e. The van der Waals surface area contributed by atoms with Crippen LogP contribution in [-0.4, -0.2) is 63.3 Å². The van der Waals surface area contributed by atoms with Gasteiger partial charge in [0.1, 0.15) is 18.7 Å². The lowest BCUT2D eigenvalue weighted by molar-refractivity contribution is -0.142. The van der Waals surface area contributed by atoms with E-state index < -0.39 is 67.6 Å². The Hall–Kier alpha value is -4.93. The van der Waals surface area contributed by atoms with Gasteiger partial charge in [-0.3, -0.25) is 14.2 Å². The van der Waals surface area contributed by atoms with Crippen molar-refractivity contribution in [2.24, 2.45) is 17.8 Å². The van der Waals surface area contributed by atoms with Gasteiger partial charge in [0.2, 0.25) is 19.2 Å². The lowest BCUT2D eigenvalue weighted by atomic mass is 9.97. The molecule has 13 heteroatoms. The highest BCUT2D eigenvalue weighted by Crippen LogP contribution is 2.47. The van der Waals surface area contributed by atoms with Gasteiger partial charge in [-0.25, -0.2) is 9.59 Å². The van der Waals surface area contributed by atoms with Gasteiger partial charge in [0, 0.05) is 41.8 Å². The number of rotatable bonds is 19. The Bertz CT molecular complexity index is 1860. The van der Waals surface area contributed by atoms with E-state index in [9.17, 15) is 33.7 Å². The number of H-pyrrole nitrogens is 1. The molecule has 0 bridgehead atoms. The Labute approximate surface area is 310 Å². The smallest absolute Gasteiger partial charge is 0.408 e. The van der Waals surface area contributed by atoms with Crippen molar-refractivity contribution in [2.75, 3.05) is 12.3 Å². The molecule has 3 amide bonds. The minimum Gasteiger partial charge on any atom is -0.480 e. The summed E-state index contributed by atoms with van der Waals surface area (Å²) in [7, 11) is -4.16. The van der Waals surface area contributed by atoms with Crippen molar-refractivity contribution in [2.45, 2.75) is 71.7 Å². The van der Waals surface area contributed by atoms with Gasteiger partial charge in [0.25, 0.3) is 0 Å². The molecule has 0 spiro atoms. The number of aromatic amines is 1. The predicted octanol–water partition coefficient (Wildman–Crippen LogP) is 6.41. The van der Waals surface area contributed by atoms with E-state index in [1.165, 1.54) is 0 Å². The average molecular weight is 747 g/mol. The summed E-state index contributed by atoms with van der Waals surface area (Å²) >= 11 is 0. The summed E-state index contributed by atoms with van der Waals surface area (Å²) in [6.45, 7) is 7.59. The van der Waals surface area contributed by atoms with Crippen LogP contribution in [0.4, 0.5) is 4.79 Å². The Morgan fingerprint density at radius 2 is 1.38 bits per heavy atom. The molecule has 1 aromatic heterocycles. The summed E-state index contributed by atoms with van der Waals surface area (Å²) in [6, 6.07) is 22.1. The average Bonchev–Trinajstić information content (AvgIpc) is 3.52. The fourth-order valence-corrected chi connectivity index (χ4v) is 8.38. The number of ether oxygens (including phenoxy) is 1. The maximum atomic E-state index is 14.1. The number of hydrogen-bond acceptors (Lipinski definition) is 6. The van der Waals surface area contributed by atoms with Crippen molar-refractivity contribution in [1.82, 2.24) is 20.9 Å². The number of carboxylic acids is 1. The molecule has 4 aromatic rings. The monoisotopic (exact) mass is 746 g/mol. The molecule has 4 rings (SSSR count). The van der Waals surface area contributed by atoms with E-state index in [1.54, 1.807) is 36.5 Å². The van der Waals surface area contributed by atoms with Gasteiger partial charge in [-0.15, -0.1) is 0 Å². The molecular formula is C40H51N4O8P. The highest BCUT2D eigenvalue weighted by molar-refractivity contribution is 7.58. The van der Waals surface area contributed by atoms with Crippen LogP contribution in [-0.2, 0) is 36.7 Å². The number of benzene rings is 3. The largest absolute Gasteiger partial charge is 0.480 e. The minimum absolute atomic E-state index is 0.0141. The number of amides is 3. The zero-order valence-electron chi connectivity index (χ0n) is 30.7. The topological polar surface area (TPSA) is 187 Å². The van der Waals surface area contributed by atoms with Gasteiger partial charge in [0.15, 0.2) is 0 Å². The van der Waals surface area contributed by atoms with Gasteiger partial charge in [-0.1, -0.05) is 107 Å². The van der Waals surface area contributed by atoms with Gasteiger partial charge >= 0.3 is 12.1 Å². The summed E-state index contributed by atoms with van der Waals surface area (Å²) in [4.78, 5) is 67.1. The molecule has 1 heterocycles. The molecule has 5 atom stereocenters. The van der Waals surface area contributed by atoms with Crippen LogP contribution in [0.2, 0.25) is 0 Å². The summed E-state index contributed by atoms with van der Waals surface area (Å²) in [5.41, 5.74) is 2.91. The zero-order chi connectivity index (χ0) is 38.5. The molecule has 53 heavy (non-hydrogen) atoms. The Kier molecular flexibility index (Phi) is 14.8. The quantitative estimate of drug-likeness (QED) is 0.0594. The number of alkyl carbamates (subject to hydrolysis) is 1. The number of aliphatic carboxylic acids is 1. The summed E-state index contributed by atoms with van der Waals surface area (Å²) < 4.78 is 19.4. The van der Waals surface area contributed by atoms with E-state index in [-0.39, 0.29) is 37.7 Å². The van der Waals surface area contributed by atoms with E-state index in [0.29, 0.717) is 5.56 Å². The molecule has 6 N–H and O–H groups in total. The van der Waals surface area contributed by atoms with Crippen molar-refractivity contribution in [3.63, 3.8) is 0 Å². The fourth-order valence-electron chi connectivity index (χ4n) is 6.35. The number of carboxylic acid groups (broad SMARTS) is 1. The first kappa shape index (κ1) is 40.8. The lowest BCUT2D eigenvalue weighted by Crippen LogP contribution is -2.49. The van der Waals surface area contributed by atoms with Crippen LogP contribution < -0.4 is 16.0 Å². The first-order valence-electron chi connectivity index (χ1n) is 17.9. The molecule has 0 radical (unpaired) electrons. The normalized spacial score (nSPS) is 14.8. The van der Waals surface area contributed by atoms with E-state index in [4.69, 9.17) is 4.74 Å². The van der Waals surface area contributed by atoms with E-state index in [0.717, 1.165) is 22.0 Å². The lowest BCUT2D eigenvalue weighted by Gasteiger charge is -2.28. The Morgan fingerprint density at radius 1 is 0.755 bits per heavy atom. The molecule has 5 unspecified atom stereocenters. The summed E-state index contributed by atoms with van der Waals surface area (Å²) in [6.07, 6.45) is 0.667. The fraction of sp³-hybridized carbons (Fsp3) is 0.400. The number of carbonyl (C=O) groups excluding carboxylic acids is 3. The number of carbonyl (C=O) groups is 4. The molecule has 12 nitrogen and oxygen atoms in total. The zero-order valence-corrected chi connectivity index (χ0v) is 31.6. The summed E-state index contributed by atoms with van der Waals surface area (Å²) in [5.74, 6) is -3.41. The number of para-hydroxylation sites is 1. The predicted molar refractivity (Wildman–Crippen MR) is 204 cm³/mol. The number of hydrogen-bond donors (Lipinski definition) is 6. The molecule has 0 fully saturated rings. The standard InChI is InChI=1S/C40H51N4O8P/c1-26(2)19-31(37(45)42-35(39(47)48)21-30-22-41-33-18-12-11-17-32(30)33)24-53(50,51)25-36(29-15-9-6-10-16-29)43-38(46)34(20-27(3)4)44-40(49)52-23-28-13-7-5-8-14-28/h5-18,22,26-27,31,34-36,41H,19-21,23-25H2,1-4H3,(H,42,45)(H,43,46)(H,44,49)(H,47,48)(H,50,51). The third-order valence-corrected chi connectivity index (χ3v) is 10.8. The Morgan fingerprint density at radius 3 is 2.02 bits per heavy atom. The van der Waals surface area contributed by atoms with Crippen molar-refractivity contribution >= 4 is 42.1 Å². The van der Waals surface area contributed by atoms with Crippen LogP contribution in [0.25, 0.3) is 10.9 Å². The molecule has 284 valence electrons. The molecule has 0 saturated carbocycles. The highest BCUT2D eigenvalue weighted by Gasteiger charge is 2.35. The number of aromatic nitrogens is 1. The van der Waals surface area contributed by atoms with Crippen molar-refractivity contribution in [3.05, 3.63) is 108 Å². The van der Waals surface area contributed by atoms with Crippen LogP contribution in [0.1, 0.15) is 63.3 Å². The van der Waals surface area contributed by atoms with Crippen LogP contribution >= 0.6 is 7.37 Å². The van der Waals surface area contributed by atoms with Gasteiger partial charge in [-0.2, -0.15) is 0 Å². The molecule has 0 saturated heterocycles. The second kappa shape index (κ2) is 19.2. The second-order valence-electron chi connectivity index (χ2n) is 14.4. The van der Waals surface area contributed by atoms with Crippen LogP contribution in [0.3, 0.4) is 0 Å². The van der Waals surface area contributed by atoms with Crippen LogP contribution in [0.5, 0.6) is 0 Å². The first-order chi connectivity index (χ1) is 25.2. The molecule has 0 aliphatic carbocycles. The molecular weight excluding hydrogens is 695 g/mol. The van der Waals surface area contributed by atoms with Gasteiger partial charge in [-0.05, 0) is 47.4 Å². The molecule has 0 aliphatic heterocycles. The number of nitrogens with one attached hydrogen (secondary N) is 4. The molecule has 3 aromatic carbocycles. The van der Waals surface area contributed by atoms with E-state index in [2.05, 4.69) is 20.9 Å². The minimum atomic E-state index is -4.16. The Balaban J connectivity index is 1.48. The third-order valence-electron chi connectivity index (χ3n) is 8.86. The van der Waals surface area contributed by atoms with E-state index in [1.807, 2.05) is 82.3 Å². The molecule has 0 aliphatic rings. The van der Waals surface area contributed by atoms with Gasteiger partial charge in [0.05, 0.1) is 6.04 Å². The second-order valence-corrected chi connectivity index (χ2v) is 16.8. The van der Waals surface area contributed by atoms with Crippen molar-refractivity contribution in [1.29, 1.82) is 0 Å². The maximum absolute atomic E-state index is 14.1. The highest BCUT2D eigenvalue weighted by atomic mass is 31.2.